The van der Waals surface area contributed by atoms with Crippen molar-refractivity contribution in [2.24, 2.45) is 0 Å². The van der Waals surface area contributed by atoms with Gasteiger partial charge in [0.2, 0.25) is 10.0 Å². The van der Waals surface area contributed by atoms with Gasteiger partial charge in [-0.2, -0.15) is 0 Å². The van der Waals surface area contributed by atoms with Crippen LogP contribution in [0.4, 0.5) is 0 Å². The summed E-state index contributed by atoms with van der Waals surface area (Å²) in [5, 5.41) is 0. The molecule has 3 N–H and O–H groups in total. The van der Waals surface area contributed by atoms with Crippen LogP contribution in [0, 0.1) is 6.92 Å². The molecular formula is C17H19N3O3S. The molecule has 0 aliphatic carbocycles. The SMILES string of the molecule is Cc1ccc(CS(=O)(=O)NCCc2ccc3[nH]c(=O)[nH]c3c2)cc1. The molecule has 0 spiro atoms. The molecule has 1 aromatic heterocycles. The van der Waals surface area contributed by atoms with Gasteiger partial charge in [-0.25, -0.2) is 17.9 Å². The lowest BCUT2D eigenvalue weighted by molar-refractivity contribution is 0.581. The molecule has 0 aliphatic rings. The summed E-state index contributed by atoms with van der Waals surface area (Å²) in [6, 6.07) is 13.0. The van der Waals surface area contributed by atoms with Crippen LogP contribution < -0.4 is 10.4 Å². The molecule has 3 rings (SSSR count). The molecule has 1 heterocycles. The number of sulfonamides is 1. The Morgan fingerprint density at radius 2 is 1.62 bits per heavy atom. The van der Waals surface area contributed by atoms with Gasteiger partial charge >= 0.3 is 5.69 Å². The summed E-state index contributed by atoms with van der Waals surface area (Å²) in [5.41, 5.74) is 4.03. The van der Waals surface area contributed by atoms with Crippen LogP contribution in [0.5, 0.6) is 0 Å². The van der Waals surface area contributed by atoms with E-state index in [0.717, 1.165) is 27.7 Å². The number of fused-ring (bicyclic) bond motifs is 1. The van der Waals surface area contributed by atoms with E-state index in [1.54, 1.807) is 0 Å². The van der Waals surface area contributed by atoms with Crippen molar-refractivity contribution >= 4 is 21.1 Å². The first-order valence-corrected chi connectivity index (χ1v) is 9.30. The number of aromatic amines is 2. The van der Waals surface area contributed by atoms with Crippen LogP contribution in [0.1, 0.15) is 16.7 Å². The summed E-state index contributed by atoms with van der Waals surface area (Å²) >= 11 is 0. The maximum absolute atomic E-state index is 12.1. The first kappa shape index (κ1) is 16.5. The van der Waals surface area contributed by atoms with Gasteiger partial charge in [0.1, 0.15) is 0 Å². The zero-order chi connectivity index (χ0) is 17.2. The van der Waals surface area contributed by atoms with Crippen LogP contribution in [-0.4, -0.2) is 24.9 Å². The van der Waals surface area contributed by atoms with E-state index in [1.165, 1.54) is 0 Å². The molecule has 0 saturated heterocycles. The molecule has 0 atom stereocenters. The first-order valence-electron chi connectivity index (χ1n) is 7.65. The number of H-pyrrole nitrogens is 2. The second kappa shape index (κ2) is 6.62. The normalized spacial score (nSPS) is 11.9. The van der Waals surface area contributed by atoms with Crippen molar-refractivity contribution in [1.29, 1.82) is 0 Å². The van der Waals surface area contributed by atoms with Gasteiger partial charge in [0, 0.05) is 6.54 Å². The quantitative estimate of drug-likeness (QED) is 0.636. The lowest BCUT2D eigenvalue weighted by Gasteiger charge is -2.07. The summed E-state index contributed by atoms with van der Waals surface area (Å²) in [7, 11) is -3.37. The molecule has 0 radical (unpaired) electrons. The standard InChI is InChI=1S/C17H19N3O3S/c1-12-2-4-14(5-3-12)11-24(22,23)18-9-8-13-6-7-15-16(10-13)20-17(21)19-15/h2-7,10,18H,8-9,11H2,1H3,(H2,19,20,21). The third-order valence-corrected chi connectivity index (χ3v) is 5.15. The zero-order valence-electron chi connectivity index (χ0n) is 13.3. The van der Waals surface area contributed by atoms with Crippen molar-refractivity contribution in [3.05, 3.63) is 69.6 Å². The molecule has 0 fully saturated rings. The fourth-order valence-corrected chi connectivity index (χ4v) is 3.69. The molecular weight excluding hydrogens is 326 g/mol. The lowest BCUT2D eigenvalue weighted by atomic mass is 10.1. The zero-order valence-corrected chi connectivity index (χ0v) is 14.1. The smallest absolute Gasteiger partial charge is 0.306 e. The largest absolute Gasteiger partial charge is 0.323 e. The highest BCUT2D eigenvalue weighted by atomic mass is 32.2. The maximum Gasteiger partial charge on any atom is 0.323 e. The van der Waals surface area contributed by atoms with Gasteiger partial charge in [0.05, 0.1) is 16.8 Å². The molecule has 3 aromatic rings. The number of aromatic nitrogens is 2. The fraction of sp³-hybridized carbons (Fsp3) is 0.235. The van der Waals surface area contributed by atoms with Gasteiger partial charge < -0.3 is 9.97 Å². The number of rotatable bonds is 6. The van der Waals surface area contributed by atoms with Crippen molar-refractivity contribution < 1.29 is 8.42 Å². The van der Waals surface area contributed by atoms with Crippen molar-refractivity contribution in [1.82, 2.24) is 14.7 Å². The number of nitrogens with one attached hydrogen (secondary N) is 3. The van der Waals surface area contributed by atoms with Crippen LogP contribution in [0.25, 0.3) is 11.0 Å². The molecule has 0 aliphatic heterocycles. The Balaban J connectivity index is 1.59. The van der Waals surface area contributed by atoms with Crippen molar-refractivity contribution in [2.75, 3.05) is 6.54 Å². The summed E-state index contributed by atoms with van der Waals surface area (Å²) in [6.07, 6.45) is 0.552. The van der Waals surface area contributed by atoms with Gasteiger partial charge in [-0.3, -0.25) is 0 Å². The predicted octanol–water partition coefficient (Wildman–Crippen LogP) is 1.83. The number of aryl methyl sites for hydroxylation is 1. The van der Waals surface area contributed by atoms with E-state index in [9.17, 15) is 13.2 Å². The molecule has 0 bridgehead atoms. The molecule has 24 heavy (non-hydrogen) atoms. The molecule has 6 nitrogen and oxygen atoms in total. The molecule has 2 aromatic carbocycles. The minimum Gasteiger partial charge on any atom is -0.306 e. The number of imidazole rings is 1. The van der Waals surface area contributed by atoms with E-state index in [-0.39, 0.29) is 11.4 Å². The fourth-order valence-electron chi connectivity index (χ4n) is 2.54. The Kier molecular flexibility index (Phi) is 4.55. The number of hydrogen-bond donors (Lipinski definition) is 3. The first-order chi connectivity index (χ1) is 11.4. The summed E-state index contributed by atoms with van der Waals surface area (Å²) in [5.74, 6) is -0.0303. The van der Waals surface area contributed by atoms with Crippen LogP contribution in [0.3, 0.4) is 0 Å². The Hall–Kier alpha value is -2.38. The molecule has 0 saturated carbocycles. The van der Waals surface area contributed by atoms with E-state index in [0.29, 0.717) is 13.0 Å². The van der Waals surface area contributed by atoms with E-state index < -0.39 is 10.0 Å². The predicted molar refractivity (Wildman–Crippen MR) is 94.4 cm³/mol. The molecule has 0 amide bonds. The molecule has 126 valence electrons. The second-order valence-electron chi connectivity index (χ2n) is 5.85. The van der Waals surface area contributed by atoms with E-state index >= 15 is 0 Å². The third kappa shape index (κ3) is 4.12. The highest BCUT2D eigenvalue weighted by molar-refractivity contribution is 7.88. The second-order valence-corrected chi connectivity index (χ2v) is 7.65. The molecule has 0 unspecified atom stereocenters. The van der Waals surface area contributed by atoms with Crippen LogP contribution in [-0.2, 0) is 22.2 Å². The third-order valence-electron chi connectivity index (χ3n) is 3.79. The Morgan fingerprint density at radius 3 is 2.38 bits per heavy atom. The van der Waals surface area contributed by atoms with Gasteiger partial charge in [0.25, 0.3) is 0 Å². The average molecular weight is 345 g/mol. The monoisotopic (exact) mass is 345 g/mol. The van der Waals surface area contributed by atoms with Crippen LogP contribution in [0.2, 0.25) is 0 Å². The minimum atomic E-state index is -3.37. The Bertz CT molecular complexity index is 1000. The summed E-state index contributed by atoms with van der Waals surface area (Å²) < 4.78 is 26.9. The van der Waals surface area contributed by atoms with Crippen LogP contribution >= 0.6 is 0 Å². The van der Waals surface area contributed by atoms with E-state index in [1.807, 2.05) is 49.4 Å². The Morgan fingerprint density at radius 1 is 0.958 bits per heavy atom. The van der Waals surface area contributed by atoms with E-state index in [4.69, 9.17) is 0 Å². The van der Waals surface area contributed by atoms with Gasteiger partial charge in [0.15, 0.2) is 0 Å². The Labute approximate surface area is 140 Å². The summed E-state index contributed by atoms with van der Waals surface area (Å²) in [4.78, 5) is 16.6. The van der Waals surface area contributed by atoms with Gasteiger partial charge in [-0.15, -0.1) is 0 Å². The van der Waals surface area contributed by atoms with E-state index in [2.05, 4.69) is 14.7 Å². The average Bonchev–Trinajstić information content (AvgIpc) is 2.88. The molecule has 7 heteroatoms. The highest BCUT2D eigenvalue weighted by Crippen LogP contribution is 2.11. The topological polar surface area (TPSA) is 94.8 Å². The van der Waals surface area contributed by atoms with Gasteiger partial charge in [-0.1, -0.05) is 35.9 Å². The number of hydrogen-bond acceptors (Lipinski definition) is 3. The minimum absolute atomic E-state index is 0.0303. The highest BCUT2D eigenvalue weighted by Gasteiger charge is 2.11. The van der Waals surface area contributed by atoms with Crippen molar-refractivity contribution in [3.63, 3.8) is 0 Å². The van der Waals surface area contributed by atoms with Crippen LogP contribution in [0.15, 0.2) is 47.3 Å². The maximum atomic E-state index is 12.1. The van der Waals surface area contributed by atoms with Gasteiger partial charge in [-0.05, 0) is 36.6 Å². The van der Waals surface area contributed by atoms with Crippen molar-refractivity contribution in [3.8, 4) is 0 Å². The summed E-state index contributed by atoms with van der Waals surface area (Å²) in [6.45, 7) is 2.28. The van der Waals surface area contributed by atoms with Crippen molar-refractivity contribution in [2.45, 2.75) is 19.1 Å². The lowest BCUT2D eigenvalue weighted by Crippen LogP contribution is -2.27. The number of benzene rings is 2.